The third-order valence-corrected chi connectivity index (χ3v) is 4.63. The van der Waals surface area contributed by atoms with Crippen LogP contribution in [0.2, 0.25) is 5.02 Å². The summed E-state index contributed by atoms with van der Waals surface area (Å²) in [6.45, 7) is 4.08. The molecule has 3 rings (SSSR count). The zero-order chi connectivity index (χ0) is 17.5. The first-order chi connectivity index (χ1) is 11.4. The number of fused-ring (bicyclic) bond motifs is 1. The van der Waals surface area contributed by atoms with Gasteiger partial charge in [-0.2, -0.15) is 0 Å². The lowest BCUT2D eigenvalue weighted by atomic mass is 9.93. The molecule has 2 aromatic rings. The zero-order valence-electron chi connectivity index (χ0n) is 13.6. The second kappa shape index (κ2) is 6.00. The van der Waals surface area contributed by atoms with Crippen LogP contribution in [0, 0.1) is 0 Å². The number of hydrogen-bond acceptors (Lipinski definition) is 5. The highest BCUT2D eigenvalue weighted by molar-refractivity contribution is 6.31. The predicted molar refractivity (Wildman–Crippen MR) is 96.9 cm³/mol. The number of halogens is 1. The Morgan fingerprint density at radius 3 is 2.71 bits per heavy atom. The molecule has 1 aliphatic rings. The molecule has 1 atom stereocenters. The van der Waals surface area contributed by atoms with Crippen molar-refractivity contribution in [3.8, 4) is 5.75 Å². The first-order valence-corrected chi connectivity index (χ1v) is 8.06. The van der Waals surface area contributed by atoms with Gasteiger partial charge in [-0.25, -0.2) is 0 Å². The van der Waals surface area contributed by atoms with E-state index in [1.54, 1.807) is 18.2 Å². The van der Waals surface area contributed by atoms with E-state index in [1.807, 2.05) is 36.9 Å². The number of ether oxygens (including phenoxy) is 1. The summed E-state index contributed by atoms with van der Waals surface area (Å²) in [4.78, 5) is 13.8. The first-order valence-electron chi connectivity index (χ1n) is 7.69. The number of carbonyl (C=O) groups is 1. The van der Waals surface area contributed by atoms with Crippen LogP contribution in [0.1, 0.15) is 19.4 Å². The molecule has 0 spiro atoms. The molecule has 0 aromatic heterocycles. The molecule has 0 bridgehead atoms. The van der Waals surface area contributed by atoms with Crippen molar-refractivity contribution >= 4 is 34.9 Å². The molecule has 4 N–H and O–H groups in total. The number of nitrogens with zero attached hydrogens (tertiary/aromatic N) is 1. The number of hydrogen-bond donors (Lipinski definition) is 2. The Labute approximate surface area is 146 Å². The maximum Gasteiger partial charge on any atom is 0.146 e. The summed E-state index contributed by atoms with van der Waals surface area (Å²) >= 11 is 6.17. The van der Waals surface area contributed by atoms with Crippen LogP contribution in [0.25, 0.3) is 0 Å². The fraction of sp³-hybridized carbons (Fsp3) is 0.278. The summed E-state index contributed by atoms with van der Waals surface area (Å²) in [6.07, 6.45) is 0.899. The van der Waals surface area contributed by atoms with Crippen molar-refractivity contribution in [2.75, 3.05) is 10.6 Å². The molecule has 1 heterocycles. The second-order valence-electron chi connectivity index (χ2n) is 6.36. The van der Waals surface area contributed by atoms with Crippen LogP contribution >= 0.6 is 11.6 Å². The van der Waals surface area contributed by atoms with Gasteiger partial charge in [0.15, 0.2) is 0 Å². The Kier molecular flexibility index (Phi) is 4.15. The van der Waals surface area contributed by atoms with Crippen LogP contribution in [0.3, 0.4) is 0 Å². The number of anilines is 3. The highest BCUT2D eigenvalue weighted by Gasteiger charge is 2.42. The monoisotopic (exact) mass is 345 g/mol. The van der Waals surface area contributed by atoms with Crippen molar-refractivity contribution in [2.45, 2.75) is 32.0 Å². The van der Waals surface area contributed by atoms with E-state index in [4.69, 9.17) is 27.8 Å². The first kappa shape index (κ1) is 16.6. The van der Waals surface area contributed by atoms with Crippen LogP contribution in [0.5, 0.6) is 5.75 Å². The molecule has 0 saturated carbocycles. The molecule has 5 nitrogen and oxygen atoms in total. The van der Waals surface area contributed by atoms with E-state index in [0.717, 1.165) is 23.2 Å². The number of nitrogens with two attached hydrogens (primary N) is 2. The van der Waals surface area contributed by atoms with E-state index < -0.39 is 11.6 Å². The molecule has 0 fully saturated rings. The molecule has 1 unspecified atom stereocenters. The van der Waals surface area contributed by atoms with Gasteiger partial charge < -0.3 is 25.9 Å². The molecular weight excluding hydrogens is 326 g/mol. The Morgan fingerprint density at radius 1 is 1.29 bits per heavy atom. The molecule has 2 aromatic carbocycles. The number of nitrogen functional groups attached to an aromatic ring is 1. The molecular formula is C18H20ClN3O2. The lowest BCUT2D eigenvalue weighted by Crippen LogP contribution is -2.55. The number of carbonyl (C=O) groups excluding carboxylic acids is 1. The summed E-state index contributed by atoms with van der Waals surface area (Å²) < 4.78 is 6.03. The summed E-state index contributed by atoms with van der Waals surface area (Å²) in [5.41, 5.74) is 14.0. The summed E-state index contributed by atoms with van der Waals surface area (Å²) in [6, 6.07) is 10.5. The van der Waals surface area contributed by atoms with E-state index in [2.05, 4.69) is 0 Å². The minimum atomic E-state index is -0.717. The molecule has 126 valence electrons. The van der Waals surface area contributed by atoms with Crippen molar-refractivity contribution in [1.29, 1.82) is 0 Å². The van der Waals surface area contributed by atoms with E-state index in [1.165, 1.54) is 0 Å². The van der Waals surface area contributed by atoms with Crippen molar-refractivity contribution in [1.82, 2.24) is 0 Å². The van der Waals surface area contributed by atoms with Gasteiger partial charge >= 0.3 is 0 Å². The lowest BCUT2D eigenvalue weighted by Gasteiger charge is -2.45. The largest absolute Gasteiger partial charge is 0.483 e. The Bertz CT molecular complexity index is 792. The normalized spacial score (nSPS) is 18.7. The number of rotatable bonds is 3. The number of aldehydes is 1. The van der Waals surface area contributed by atoms with Gasteiger partial charge in [0.1, 0.15) is 23.7 Å². The van der Waals surface area contributed by atoms with Gasteiger partial charge in [-0.1, -0.05) is 11.6 Å². The lowest BCUT2D eigenvalue weighted by molar-refractivity contribution is -0.112. The Hall–Kier alpha value is -2.24. The molecule has 1 aliphatic heterocycles. The van der Waals surface area contributed by atoms with Gasteiger partial charge in [0.05, 0.1) is 5.69 Å². The molecule has 0 saturated heterocycles. The Balaban J connectivity index is 2.21. The molecule has 0 amide bonds. The van der Waals surface area contributed by atoms with Crippen molar-refractivity contribution < 1.29 is 9.53 Å². The maximum absolute atomic E-state index is 11.9. The SMILES string of the molecule is CC1(C)Oc2cc(N)ccc2N(c2ccc(Cl)c(CN)c2)C1C=O. The smallest absolute Gasteiger partial charge is 0.146 e. The van der Waals surface area contributed by atoms with Crippen LogP contribution in [-0.2, 0) is 11.3 Å². The van der Waals surface area contributed by atoms with Crippen LogP contribution in [-0.4, -0.2) is 17.9 Å². The minimum absolute atomic E-state index is 0.320. The summed E-state index contributed by atoms with van der Waals surface area (Å²) in [5.74, 6) is 0.641. The van der Waals surface area contributed by atoms with E-state index in [0.29, 0.717) is 23.0 Å². The van der Waals surface area contributed by atoms with Gasteiger partial charge in [0.2, 0.25) is 0 Å². The molecule has 0 aliphatic carbocycles. The van der Waals surface area contributed by atoms with Gasteiger partial charge in [-0.15, -0.1) is 0 Å². The summed E-state index contributed by atoms with van der Waals surface area (Å²) in [7, 11) is 0. The van der Waals surface area contributed by atoms with Crippen LogP contribution in [0.15, 0.2) is 36.4 Å². The van der Waals surface area contributed by atoms with E-state index >= 15 is 0 Å². The average Bonchev–Trinajstić information content (AvgIpc) is 2.53. The topological polar surface area (TPSA) is 81.6 Å². The average molecular weight is 346 g/mol. The minimum Gasteiger partial charge on any atom is -0.483 e. The third kappa shape index (κ3) is 2.70. The van der Waals surface area contributed by atoms with Gasteiger partial charge in [0.25, 0.3) is 0 Å². The molecule has 24 heavy (non-hydrogen) atoms. The summed E-state index contributed by atoms with van der Waals surface area (Å²) in [5, 5.41) is 0.606. The van der Waals surface area contributed by atoms with Crippen molar-refractivity contribution in [2.24, 2.45) is 5.73 Å². The van der Waals surface area contributed by atoms with Gasteiger partial charge in [-0.05, 0) is 49.7 Å². The fourth-order valence-corrected chi connectivity index (χ4v) is 3.20. The van der Waals surface area contributed by atoms with Crippen molar-refractivity contribution in [3.05, 3.63) is 47.0 Å². The standard InChI is InChI=1S/C18H20ClN3O2/c1-18(2)17(10-23)22(13-4-5-14(19)11(7-13)9-20)15-6-3-12(21)8-16(15)24-18/h3-8,10,17H,9,20-21H2,1-2H3. The van der Waals surface area contributed by atoms with Gasteiger partial charge in [-0.3, -0.25) is 0 Å². The third-order valence-electron chi connectivity index (χ3n) is 4.26. The number of benzene rings is 2. The maximum atomic E-state index is 11.9. The van der Waals surface area contributed by atoms with Gasteiger partial charge in [0, 0.05) is 29.0 Å². The van der Waals surface area contributed by atoms with E-state index in [-0.39, 0.29) is 0 Å². The molecule has 6 heteroatoms. The van der Waals surface area contributed by atoms with Crippen LogP contribution < -0.4 is 21.1 Å². The quantitative estimate of drug-likeness (QED) is 0.659. The Morgan fingerprint density at radius 2 is 2.04 bits per heavy atom. The van der Waals surface area contributed by atoms with E-state index in [9.17, 15) is 4.79 Å². The highest BCUT2D eigenvalue weighted by Crippen LogP contribution is 2.45. The molecule has 0 radical (unpaired) electrons. The zero-order valence-corrected chi connectivity index (χ0v) is 14.4. The van der Waals surface area contributed by atoms with Crippen molar-refractivity contribution in [3.63, 3.8) is 0 Å². The fourth-order valence-electron chi connectivity index (χ4n) is 3.01. The van der Waals surface area contributed by atoms with Crippen LogP contribution in [0.4, 0.5) is 17.1 Å². The second-order valence-corrected chi connectivity index (χ2v) is 6.77. The predicted octanol–water partition coefficient (Wildman–Crippen LogP) is 3.26. The highest BCUT2D eigenvalue weighted by atomic mass is 35.5.